The van der Waals surface area contributed by atoms with E-state index in [9.17, 15) is 9.90 Å². The van der Waals surface area contributed by atoms with Gasteiger partial charge in [-0.2, -0.15) is 0 Å². The summed E-state index contributed by atoms with van der Waals surface area (Å²) in [5.41, 5.74) is 4.24. The monoisotopic (exact) mass is 478 g/mol. The zero-order valence-corrected chi connectivity index (χ0v) is 20.6. The van der Waals surface area contributed by atoms with Crippen molar-refractivity contribution in [1.29, 1.82) is 0 Å². The first-order valence-electron chi connectivity index (χ1n) is 11.5. The molecule has 0 radical (unpaired) electrons. The van der Waals surface area contributed by atoms with Crippen molar-refractivity contribution < 1.29 is 9.90 Å². The van der Waals surface area contributed by atoms with E-state index in [1.807, 2.05) is 22.9 Å². The molecule has 1 atom stereocenters. The van der Waals surface area contributed by atoms with Gasteiger partial charge in [-0.3, -0.25) is 0 Å². The van der Waals surface area contributed by atoms with Crippen LogP contribution in [0.5, 0.6) is 0 Å². The van der Waals surface area contributed by atoms with Crippen molar-refractivity contribution in [3.05, 3.63) is 82.9 Å². The van der Waals surface area contributed by atoms with Crippen molar-refractivity contribution in [3.63, 3.8) is 0 Å². The third-order valence-electron chi connectivity index (χ3n) is 6.26. The number of hydrogen-bond donors (Lipinski definition) is 1. The Balaban J connectivity index is 1.45. The van der Waals surface area contributed by atoms with E-state index in [4.69, 9.17) is 11.6 Å². The fraction of sp³-hybridized carbons (Fsp3) is 0.333. The second kappa shape index (κ2) is 9.94. The highest BCUT2D eigenvalue weighted by molar-refractivity contribution is 6.30. The van der Waals surface area contributed by atoms with E-state index >= 15 is 0 Å². The van der Waals surface area contributed by atoms with E-state index < -0.39 is 6.09 Å². The zero-order chi connectivity index (χ0) is 24.3. The third kappa shape index (κ3) is 5.81. The maximum Gasteiger partial charge on any atom is 0.407 e. The summed E-state index contributed by atoms with van der Waals surface area (Å²) in [7, 11) is 0. The number of rotatable bonds is 5. The first-order chi connectivity index (χ1) is 16.2. The number of carboxylic acid groups (broad SMARTS) is 1. The van der Waals surface area contributed by atoms with E-state index in [1.54, 1.807) is 17.4 Å². The van der Waals surface area contributed by atoms with Gasteiger partial charge in [0.05, 0.1) is 12.4 Å². The molecule has 4 rings (SSSR count). The first kappa shape index (κ1) is 23.9. The van der Waals surface area contributed by atoms with Crippen LogP contribution in [0.25, 0.3) is 12.2 Å². The van der Waals surface area contributed by atoms with Crippen LogP contribution in [0.3, 0.4) is 0 Å². The van der Waals surface area contributed by atoms with Crippen LogP contribution in [-0.2, 0) is 6.54 Å². The standard InChI is InChI=1S/C27H31ClN4O2/c1-27(2,3)25-18-31(12-13-32(25)26(33)34)24-8-6-20(7-9-24)4-5-21-14-22(16-23(28)15-21)17-30-11-10-29-19-30/h4-11,14-16,19,25H,12-13,17-18H2,1-3H3,(H,33,34). The highest BCUT2D eigenvalue weighted by Gasteiger charge is 2.38. The number of anilines is 1. The smallest absolute Gasteiger partial charge is 0.407 e. The van der Waals surface area contributed by atoms with E-state index in [1.165, 1.54) is 0 Å². The minimum atomic E-state index is -0.839. The normalized spacial score (nSPS) is 16.9. The minimum Gasteiger partial charge on any atom is -0.465 e. The summed E-state index contributed by atoms with van der Waals surface area (Å²) in [6, 6.07) is 14.4. The molecule has 0 saturated carbocycles. The second-order valence-electron chi connectivity index (χ2n) is 9.86. The van der Waals surface area contributed by atoms with Gasteiger partial charge >= 0.3 is 6.09 Å². The number of halogens is 1. The number of imidazole rings is 1. The number of benzene rings is 2. The number of amides is 1. The molecule has 1 N–H and O–H groups in total. The van der Waals surface area contributed by atoms with Crippen molar-refractivity contribution >= 4 is 35.5 Å². The van der Waals surface area contributed by atoms with Crippen molar-refractivity contribution in [3.8, 4) is 0 Å². The Morgan fingerprint density at radius 1 is 1.12 bits per heavy atom. The van der Waals surface area contributed by atoms with Gasteiger partial charge in [0, 0.05) is 49.3 Å². The molecule has 1 aliphatic heterocycles. The lowest BCUT2D eigenvalue weighted by Gasteiger charge is -2.46. The molecule has 2 heterocycles. The Bertz CT molecular complexity index is 1150. The number of piperazine rings is 1. The Kier molecular flexibility index (Phi) is 6.98. The molecule has 34 heavy (non-hydrogen) atoms. The molecule has 1 fully saturated rings. The van der Waals surface area contributed by atoms with Gasteiger partial charge in [-0.15, -0.1) is 0 Å². The van der Waals surface area contributed by atoms with Crippen LogP contribution in [-0.4, -0.2) is 51.3 Å². The van der Waals surface area contributed by atoms with Crippen LogP contribution in [0.1, 0.15) is 37.5 Å². The second-order valence-corrected chi connectivity index (χ2v) is 10.3. The molecule has 1 aromatic heterocycles. The SMILES string of the molecule is CC(C)(C)C1CN(c2ccc(C=Cc3cc(Cl)cc(Cn4ccnc4)c3)cc2)CCN1C(=O)O. The van der Waals surface area contributed by atoms with Crippen molar-refractivity contribution in [1.82, 2.24) is 14.5 Å². The van der Waals surface area contributed by atoms with Gasteiger partial charge in [-0.05, 0) is 52.4 Å². The van der Waals surface area contributed by atoms with E-state index in [0.717, 1.165) is 28.9 Å². The predicted octanol–water partition coefficient (Wildman–Crippen LogP) is 5.97. The molecule has 0 aliphatic carbocycles. The third-order valence-corrected chi connectivity index (χ3v) is 6.47. The summed E-state index contributed by atoms with van der Waals surface area (Å²) in [5, 5.41) is 10.3. The van der Waals surface area contributed by atoms with Gasteiger partial charge in [-0.1, -0.05) is 56.7 Å². The summed E-state index contributed by atoms with van der Waals surface area (Å²) in [6.07, 6.45) is 8.81. The van der Waals surface area contributed by atoms with Gasteiger partial charge < -0.3 is 19.5 Å². The van der Waals surface area contributed by atoms with Crippen LogP contribution >= 0.6 is 11.6 Å². The lowest BCUT2D eigenvalue weighted by molar-refractivity contribution is 0.0748. The molecular formula is C27H31ClN4O2. The van der Waals surface area contributed by atoms with Gasteiger partial charge in [0.1, 0.15) is 0 Å². The average Bonchev–Trinajstić information content (AvgIpc) is 3.29. The molecule has 178 valence electrons. The summed E-state index contributed by atoms with van der Waals surface area (Å²) in [6.45, 7) is 8.91. The Morgan fingerprint density at radius 2 is 1.85 bits per heavy atom. The van der Waals surface area contributed by atoms with Crippen LogP contribution in [0.2, 0.25) is 5.02 Å². The van der Waals surface area contributed by atoms with Gasteiger partial charge in [-0.25, -0.2) is 9.78 Å². The average molecular weight is 479 g/mol. The number of carbonyl (C=O) groups is 1. The van der Waals surface area contributed by atoms with Crippen molar-refractivity contribution in [2.75, 3.05) is 24.5 Å². The van der Waals surface area contributed by atoms with Crippen LogP contribution in [0.15, 0.2) is 61.2 Å². The summed E-state index contributed by atoms with van der Waals surface area (Å²) < 4.78 is 2.01. The molecule has 7 heteroatoms. The maximum absolute atomic E-state index is 11.7. The summed E-state index contributed by atoms with van der Waals surface area (Å²) >= 11 is 6.35. The maximum atomic E-state index is 11.7. The topological polar surface area (TPSA) is 61.6 Å². The highest BCUT2D eigenvalue weighted by atomic mass is 35.5. The molecule has 1 aliphatic rings. The number of aromatic nitrogens is 2. The van der Waals surface area contributed by atoms with Gasteiger partial charge in [0.2, 0.25) is 0 Å². The lowest BCUT2D eigenvalue weighted by atomic mass is 9.84. The highest BCUT2D eigenvalue weighted by Crippen LogP contribution is 2.30. The fourth-order valence-electron chi connectivity index (χ4n) is 4.43. The molecule has 3 aromatic rings. The van der Waals surface area contributed by atoms with E-state index in [-0.39, 0.29) is 11.5 Å². The van der Waals surface area contributed by atoms with Crippen LogP contribution in [0, 0.1) is 5.41 Å². The molecule has 0 spiro atoms. The first-order valence-corrected chi connectivity index (χ1v) is 11.8. The fourth-order valence-corrected chi connectivity index (χ4v) is 4.70. The summed E-state index contributed by atoms with van der Waals surface area (Å²) in [4.78, 5) is 19.7. The van der Waals surface area contributed by atoms with Gasteiger partial charge in [0.15, 0.2) is 0 Å². The Morgan fingerprint density at radius 3 is 2.50 bits per heavy atom. The lowest BCUT2D eigenvalue weighted by Crippen LogP contribution is -2.59. The molecule has 1 amide bonds. The van der Waals surface area contributed by atoms with Crippen LogP contribution < -0.4 is 4.90 Å². The zero-order valence-electron chi connectivity index (χ0n) is 19.9. The molecule has 1 saturated heterocycles. The molecule has 6 nitrogen and oxygen atoms in total. The predicted molar refractivity (Wildman–Crippen MR) is 138 cm³/mol. The van der Waals surface area contributed by atoms with Crippen molar-refractivity contribution in [2.24, 2.45) is 5.41 Å². The Labute approximate surface area is 206 Å². The molecule has 1 unspecified atom stereocenters. The molecule has 0 bridgehead atoms. The number of hydrogen-bond acceptors (Lipinski definition) is 3. The van der Waals surface area contributed by atoms with E-state index in [2.05, 4.69) is 73.1 Å². The molecule has 2 aromatic carbocycles. The van der Waals surface area contributed by atoms with Crippen LogP contribution in [0.4, 0.5) is 10.5 Å². The number of nitrogens with zero attached hydrogens (tertiary/aromatic N) is 4. The molecular weight excluding hydrogens is 448 g/mol. The minimum absolute atomic E-state index is 0.0577. The summed E-state index contributed by atoms with van der Waals surface area (Å²) in [5.74, 6) is 0. The Hall–Kier alpha value is -3.25. The largest absolute Gasteiger partial charge is 0.465 e. The van der Waals surface area contributed by atoms with Crippen molar-refractivity contribution in [2.45, 2.75) is 33.4 Å². The van der Waals surface area contributed by atoms with E-state index in [0.29, 0.717) is 24.7 Å². The quantitative estimate of drug-likeness (QED) is 0.459. The van der Waals surface area contributed by atoms with Gasteiger partial charge in [0.25, 0.3) is 0 Å².